The van der Waals surface area contributed by atoms with Crippen molar-refractivity contribution in [1.29, 1.82) is 0 Å². The van der Waals surface area contributed by atoms with Gasteiger partial charge in [0, 0.05) is 39.1 Å². The predicted octanol–water partition coefficient (Wildman–Crippen LogP) is 8.89. The van der Waals surface area contributed by atoms with Gasteiger partial charge in [0.15, 0.2) is 0 Å². The first kappa shape index (κ1) is 37.6. The van der Waals surface area contributed by atoms with Crippen molar-refractivity contribution in [2.75, 3.05) is 45.9 Å². The number of nitrogens with zero attached hydrogens (tertiary/aromatic N) is 2. The first-order chi connectivity index (χ1) is 19.5. The predicted molar refractivity (Wildman–Crippen MR) is 168 cm³/mol. The molecule has 1 fully saturated rings. The molecule has 1 aliphatic rings. The van der Waals surface area contributed by atoms with Gasteiger partial charge in [-0.25, -0.2) is 4.57 Å². The number of unbranched alkanes of at least 4 members (excludes halogenated alkanes) is 19. The van der Waals surface area contributed by atoms with Crippen molar-refractivity contribution < 1.29 is 23.3 Å². The molecule has 1 heterocycles. The molecule has 0 aromatic carbocycles. The normalized spacial score (nSPS) is 15.9. The highest BCUT2D eigenvalue weighted by atomic mass is 31.2. The second kappa shape index (κ2) is 26.2. The second-order valence-corrected chi connectivity index (χ2v) is 13.3. The van der Waals surface area contributed by atoms with Gasteiger partial charge in [-0.2, -0.15) is 0 Å². The van der Waals surface area contributed by atoms with Crippen molar-refractivity contribution in [3.63, 3.8) is 0 Å². The van der Waals surface area contributed by atoms with E-state index in [0.29, 0.717) is 13.0 Å². The minimum Gasteiger partial charge on any atom is -0.340 e. The van der Waals surface area contributed by atoms with Crippen molar-refractivity contribution in [2.24, 2.45) is 0 Å². The topological polar surface area (TPSA) is 79.3 Å². The molecule has 1 atom stereocenters. The summed E-state index contributed by atoms with van der Waals surface area (Å²) in [5, 5.41) is 0. The molecule has 0 aromatic heterocycles. The highest BCUT2D eigenvalue weighted by molar-refractivity contribution is 7.47. The van der Waals surface area contributed by atoms with Gasteiger partial charge in [0.2, 0.25) is 5.91 Å². The van der Waals surface area contributed by atoms with Gasteiger partial charge in [0.25, 0.3) is 0 Å². The maximum atomic E-state index is 12.6. The van der Waals surface area contributed by atoms with Gasteiger partial charge in [0.1, 0.15) is 0 Å². The van der Waals surface area contributed by atoms with E-state index in [-0.39, 0.29) is 19.1 Å². The molecule has 0 aliphatic carbocycles. The summed E-state index contributed by atoms with van der Waals surface area (Å²) >= 11 is 0. The monoisotopic (exact) mass is 588 g/mol. The molecule has 0 radical (unpaired) electrons. The Labute approximate surface area is 247 Å². The molecule has 0 saturated carbocycles. The molecule has 1 aliphatic heterocycles. The summed E-state index contributed by atoms with van der Waals surface area (Å²) in [6.07, 6.45) is 27.2. The average Bonchev–Trinajstić information content (AvgIpc) is 2.94. The van der Waals surface area contributed by atoms with Crippen molar-refractivity contribution in [3.8, 4) is 0 Å². The van der Waals surface area contributed by atoms with Gasteiger partial charge in [-0.1, -0.05) is 136 Å². The lowest BCUT2D eigenvalue weighted by molar-refractivity contribution is -0.133. The molecule has 0 aromatic rings. The average molecular weight is 589 g/mol. The van der Waals surface area contributed by atoms with Gasteiger partial charge in [-0.3, -0.25) is 18.7 Å². The Morgan fingerprint density at radius 3 is 1.48 bits per heavy atom. The number of phosphoric ester groups is 1. The Hall–Kier alpha value is -0.460. The van der Waals surface area contributed by atoms with E-state index >= 15 is 0 Å². The number of carbonyl (C=O) groups excluding carboxylic acids is 1. The van der Waals surface area contributed by atoms with Crippen LogP contribution in [0.4, 0.5) is 0 Å². The van der Waals surface area contributed by atoms with Gasteiger partial charge in [-0.05, 0) is 12.8 Å². The van der Waals surface area contributed by atoms with Crippen molar-refractivity contribution in [1.82, 2.24) is 9.80 Å². The summed E-state index contributed by atoms with van der Waals surface area (Å²) in [6.45, 7) is 8.49. The number of rotatable bonds is 28. The molecular weight excluding hydrogens is 523 g/mol. The van der Waals surface area contributed by atoms with Crippen molar-refractivity contribution >= 4 is 13.7 Å². The molecule has 1 saturated heterocycles. The summed E-state index contributed by atoms with van der Waals surface area (Å²) in [7, 11) is -3.98. The van der Waals surface area contributed by atoms with E-state index in [4.69, 9.17) is 9.05 Å². The van der Waals surface area contributed by atoms with Crippen LogP contribution in [0.2, 0.25) is 0 Å². The third-order valence-corrected chi connectivity index (χ3v) is 9.15. The zero-order chi connectivity index (χ0) is 29.2. The van der Waals surface area contributed by atoms with E-state index in [9.17, 15) is 14.3 Å². The van der Waals surface area contributed by atoms with Crippen molar-refractivity contribution in [2.45, 2.75) is 155 Å². The molecule has 1 amide bonds. The Balaban J connectivity index is 1.94. The molecule has 1 unspecified atom stereocenters. The summed E-state index contributed by atoms with van der Waals surface area (Å²) in [5.74, 6) is 0.272. The second-order valence-electron chi connectivity index (χ2n) is 11.8. The molecule has 0 bridgehead atoms. The van der Waals surface area contributed by atoms with Crippen LogP contribution in [0.25, 0.3) is 0 Å². The molecule has 40 heavy (non-hydrogen) atoms. The fourth-order valence-electron chi connectivity index (χ4n) is 5.41. The third kappa shape index (κ3) is 22.2. The molecule has 238 valence electrons. The zero-order valence-electron chi connectivity index (χ0n) is 26.4. The number of carbonyl (C=O) groups is 1. The molecule has 1 rings (SSSR count). The Morgan fingerprint density at radius 2 is 1.00 bits per heavy atom. The summed E-state index contributed by atoms with van der Waals surface area (Å²) in [6, 6.07) is 0. The van der Waals surface area contributed by atoms with Gasteiger partial charge >= 0.3 is 7.82 Å². The van der Waals surface area contributed by atoms with E-state index in [1.165, 1.54) is 103 Å². The van der Waals surface area contributed by atoms with E-state index in [2.05, 4.69) is 18.7 Å². The number of phosphoric acid groups is 1. The Morgan fingerprint density at radius 1 is 0.600 bits per heavy atom. The summed E-state index contributed by atoms with van der Waals surface area (Å²) in [5.41, 5.74) is 0. The number of hydrogen-bond donors (Lipinski definition) is 1. The maximum Gasteiger partial charge on any atom is 0.472 e. The van der Waals surface area contributed by atoms with Gasteiger partial charge in [-0.15, -0.1) is 0 Å². The van der Waals surface area contributed by atoms with E-state index in [0.717, 1.165) is 58.3 Å². The van der Waals surface area contributed by atoms with E-state index < -0.39 is 7.82 Å². The highest BCUT2D eigenvalue weighted by Gasteiger charge is 2.23. The maximum absolute atomic E-state index is 12.6. The van der Waals surface area contributed by atoms with Crippen molar-refractivity contribution in [3.05, 3.63) is 0 Å². The SMILES string of the molecule is CCCCCCCCCCCCCCCCC(=O)N1CCN(CCOP(=O)(O)OCCCCCCCCC)CC1. The van der Waals surface area contributed by atoms with Crippen LogP contribution in [0, 0.1) is 0 Å². The number of hydrogen-bond acceptors (Lipinski definition) is 5. The van der Waals surface area contributed by atoms with Crippen LogP contribution in [-0.2, 0) is 18.4 Å². The largest absolute Gasteiger partial charge is 0.472 e. The fraction of sp³-hybridized carbons (Fsp3) is 0.969. The smallest absolute Gasteiger partial charge is 0.340 e. The minimum absolute atomic E-state index is 0.164. The van der Waals surface area contributed by atoms with Gasteiger partial charge in [0.05, 0.1) is 13.2 Å². The first-order valence-electron chi connectivity index (χ1n) is 17.1. The molecule has 7 nitrogen and oxygen atoms in total. The van der Waals surface area contributed by atoms with E-state index in [1.54, 1.807) is 0 Å². The van der Waals surface area contributed by atoms with Crippen LogP contribution in [0.5, 0.6) is 0 Å². The van der Waals surface area contributed by atoms with Crippen LogP contribution in [0.3, 0.4) is 0 Å². The summed E-state index contributed by atoms with van der Waals surface area (Å²) in [4.78, 5) is 26.6. The minimum atomic E-state index is -3.98. The Bertz CT molecular complexity index is 628. The number of piperazine rings is 1. The van der Waals surface area contributed by atoms with Crippen LogP contribution in [0.1, 0.15) is 155 Å². The standard InChI is InChI=1S/C32H65N2O5P/c1-3-5-7-9-11-12-13-14-15-16-17-18-20-22-24-32(35)34-27-25-33(26-28-34)29-31-39-40(36,37)38-30-23-21-19-10-8-6-4-2/h3-31H2,1-2H3,(H,36,37). The van der Waals surface area contributed by atoms with Crippen LogP contribution >= 0.6 is 7.82 Å². The number of amides is 1. The Kier molecular flexibility index (Phi) is 24.6. The lowest BCUT2D eigenvalue weighted by Crippen LogP contribution is -2.49. The zero-order valence-corrected chi connectivity index (χ0v) is 27.3. The quantitative estimate of drug-likeness (QED) is 0.0726. The highest BCUT2D eigenvalue weighted by Crippen LogP contribution is 2.43. The van der Waals surface area contributed by atoms with Crippen LogP contribution in [-0.4, -0.2) is 66.5 Å². The molecule has 8 heteroatoms. The van der Waals surface area contributed by atoms with Gasteiger partial charge < -0.3 is 9.79 Å². The fourth-order valence-corrected chi connectivity index (χ4v) is 6.16. The third-order valence-electron chi connectivity index (χ3n) is 8.13. The van der Waals surface area contributed by atoms with Crippen LogP contribution in [0.15, 0.2) is 0 Å². The van der Waals surface area contributed by atoms with E-state index in [1.807, 2.05) is 4.90 Å². The van der Waals surface area contributed by atoms with Crippen LogP contribution < -0.4 is 0 Å². The lowest BCUT2D eigenvalue weighted by atomic mass is 10.0. The summed E-state index contributed by atoms with van der Waals surface area (Å²) < 4.78 is 22.4. The first-order valence-corrected chi connectivity index (χ1v) is 18.6. The molecule has 1 N–H and O–H groups in total. The lowest BCUT2D eigenvalue weighted by Gasteiger charge is -2.34. The molecule has 0 spiro atoms. The molecular formula is C32H65N2O5P.